The average Bonchev–Trinajstić information content (AvgIpc) is 3.54. The first-order chi connectivity index (χ1) is 22.0. The van der Waals surface area contributed by atoms with E-state index in [0.29, 0.717) is 39.5 Å². The lowest BCUT2D eigenvalue weighted by Crippen LogP contribution is -2.57. The number of cyclic esters (lactones) is 1. The van der Waals surface area contributed by atoms with Gasteiger partial charge in [-0.25, -0.2) is 19.6 Å². The smallest absolute Gasteiger partial charge is 0.407 e. The van der Waals surface area contributed by atoms with Crippen LogP contribution in [0.2, 0.25) is 0 Å². The van der Waals surface area contributed by atoms with Crippen molar-refractivity contribution in [2.45, 2.75) is 78.9 Å². The van der Waals surface area contributed by atoms with Crippen molar-refractivity contribution in [3.63, 3.8) is 0 Å². The average molecular weight is 649 g/mol. The topological polar surface area (TPSA) is 159 Å². The minimum atomic E-state index is -1.19. The number of aliphatic carboxylic acids is 1. The van der Waals surface area contributed by atoms with E-state index in [1.165, 1.54) is 4.90 Å². The van der Waals surface area contributed by atoms with Gasteiger partial charge in [-0.2, -0.15) is 0 Å². The molecule has 1 saturated heterocycles. The SMILES string of the molecule is CC1(C)COC(=O)N[C@@H](C(C)(C)C)C(=O)N2C[C@@H](C[C@H]2C(=O)O)Oc2nc3cc4c(cc3nc2-c2cccc(c2)OC1)OC(C)(C)O4. The molecule has 1 aromatic heterocycles. The molecular weight excluding hydrogens is 608 g/mol. The highest BCUT2D eigenvalue weighted by molar-refractivity contribution is 5.90. The molecule has 13 nitrogen and oxygen atoms in total. The number of hydrogen-bond acceptors (Lipinski definition) is 10. The van der Waals surface area contributed by atoms with Gasteiger partial charge in [-0.1, -0.05) is 46.8 Å². The molecule has 2 amide bonds. The zero-order chi connectivity index (χ0) is 33.9. The number of carbonyl (C=O) groups is 3. The molecule has 3 atom stereocenters. The molecular formula is C34H40N4O9. The number of carboxylic acids is 1. The number of aromatic nitrogens is 2. The molecule has 0 radical (unpaired) electrons. The van der Waals surface area contributed by atoms with Gasteiger partial charge in [0.05, 0.1) is 24.2 Å². The van der Waals surface area contributed by atoms with Gasteiger partial charge in [-0.15, -0.1) is 0 Å². The molecule has 3 aliphatic heterocycles. The second-order valence-corrected chi connectivity index (χ2v) is 14.6. The van der Waals surface area contributed by atoms with Crippen LogP contribution < -0.4 is 24.3 Å². The Morgan fingerprint density at radius 3 is 2.30 bits per heavy atom. The van der Waals surface area contributed by atoms with Crippen molar-refractivity contribution >= 4 is 29.0 Å². The van der Waals surface area contributed by atoms with Crippen molar-refractivity contribution in [1.29, 1.82) is 0 Å². The number of benzene rings is 2. The van der Waals surface area contributed by atoms with Gasteiger partial charge in [0.25, 0.3) is 0 Å². The van der Waals surface area contributed by atoms with Crippen LogP contribution in [0.15, 0.2) is 36.4 Å². The molecule has 0 unspecified atom stereocenters. The fourth-order valence-corrected chi connectivity index (χ4v) is 5.84. The van der Waals surface area contributed by atoms with Gasteiger partial charge in [-0.3, -0.25) is 4.79 Å². The van der Waals surface area contributed by atoms with Crippen LogP contribution >= 0.6 is 0 Å². The van der Waals surface area contributed by atoms with Crippen molar-refractivity contribution in [3.05, 3.63) is 36.4 Å². The van der Waals surface area contributed by atoms with Crippen LogP contribution in [0.4, 0.5) is 4.79 Å². The zero-order valence-electron chi connectivity index (χ0n) is 27.6. The Morgan fingerprint density at radius 1 is 0.979 bits per heavy atom. The number of carbonyl (C=O) groups excluding carboxylic acids is 2. The summed E-state index contributed by atoms with van der Waals surface area (Å²) >= 11 is 0. The Kier molecular flexibility index (Phi) is 7.84. The largest absolute Gasteiger partial charge is 0.493 e. The molecule has 0 saturated carbocycles. The lowest BCUT2D eigenvalue weighted by molar-refractivity contribution is -0.150. The third-order valence-corrected chi connectivity index (χ3v) is 8.22. The second-order valence-electron chi connectivity index (χ2n) is 14.6. The Hall–Kier alpha value is -4.81. The summed E-state index contributed by atoms with van der Waals surface area (Å²) in [6.45, 7) is 12.9. The first-order valence-electron chi connectivity index (χ1n) is 15.6. The molecule has 4 bridgehead atoms. The molecule has 2 N–H and O–H groups in total. The van der Waals surface area contributed by atoms with E-state index in [1.54, 1.807) is 46.8 Å². The molecule has 0 spiro atoms. The maximum Gasteiger partial charge on any atom is 0.407 e. The van der Waals surface area contributed by atoms with Gasteiger partial charge in [-0.05, 0) is 17.5 Å². The van der Waals surface area contributed by atoms with Crippen LogP contribution in [0.1, 0.15) is 54.9 Å². The molecule has 2 aromatic carbocycles. The van der Waals surface area contributed by atoms with Crippen molar-refractivity contribution in [3.8, 4) is 34.4 Å². The normalized spacial score (nSPS) is 23.8. The molecule has 4 heterocycles. The van der Waals surface area contributed by atoms with Crippen molar-refractivity contribution < 1.29 is 43.2 Å². The summed E-state index contributed by atoms with van der Waals surface area (Å²) in [4.78, 5) is 50.4. The first kappa shape index (κ1) is 32.1. The van der Waals surface area contributed by atoms with Gasteiger partial charge in [0, 0.05) is 43.4 Å². The Bertz CT molecular complexity index is 1750. The predicted molar refractivity (Wildman–Crippen MR) is 169 cm³/mol. The van der Waals surface area contributed by atoms with E-state index >= 15 is 0 Å². The quantitative estimate of drug-likeness (QED) is 0.373. The highest BCUT2D eigenvalue weighted by Gasteiger charge is 2.46. The van der Waals surface area contributed by atoms with Gasteiger partial charge in [0.1, 0.15) is 36.2 Å². The van der Waals surface area contributed by atoms with E-state index in [9.17, 15) is 19.5 Å². The van der Waals surface area contributed by atoms with Crippen LogP contribution in [0.25, 0.3) is 22.3 Å². The van der Waals surface area contributed by atoms with Crippen molar-refractivity contribution in [2.75, 3.05) is 19.8 Å². The number of hydrogen-bond donors (Lipinski definition) is 2. The van der Waals surface area contributed by atoms with Gasteiger partial charge in [0.2, 0.25) is 17.6 Å². The number of alkyl carbamates (subject to hydrolysis) is 1. The number of carboxylic acid groups (broad SMARTS) is 1. The van der Waals surface area contributed by atoms with E-state index in [0.717, 1.165) is 0 Å². The summed E-state index contributed by atoms with van der Waals surface area (Å²) in [7, 11) is 0. The summed E-state index contributed by atoms with van der Waals surface area (Å²) < 4.78 is 30.0. The zero-order valence-corrected chi connectivity index (χ0v) is 27.6. The summed E-state index contributed by atoms with van der Waals surface area (Å²) in [5, 5.41) is 12.9. The maximum absolute atomic E-state index is 14.0. The Labute approximate surface area is 272 Å². The first-order valence-corrected chi connectivity index (χ1v) is 15.6. The number of rotatable bonds is 1. The lowest BCUT2D eigenvalue weighted by atomic mass is 9.85. The number of amides is 2. The van der Waals surface area contributed by atoms with Gasteiger partial charge < -0.3 is 39.0 Å². The van der Waals surface area contributed by atoms with Crippen molar-refractivity contribution in [1.82, 2.24) is 20.2 Å². The Balaban J connectivity index is 1.46. The van der Waals surface area contributed by atoms with Gasteiger partial charge >= 0.3 is 12.1 Å². The third kappa shape index (κ3) is 6.70. The van der Waals surface area contributed by atoms with Crippen LogP contribution in [0.3, 0.4) is 0 Å². The highest BCUT2D eigenvalue weighted by Crippen LogP contribution is 2.43. The summed E-state index contributed by atoms with van der Waals surface area (Å²) in [6.07, 6.45) is -1.53. The van der Waals surface area contributed by atoms with E-state index in [4.69, 9.17) is 33.7 Å². The molecule has 250 valence electrons. The number of ether oxygens (including phenoxy) is 5. The van der Waals surface area contributed by atoms with Crippen molar-refractivity contribution in [2.24, 2.45) is 10.8 Å². The summed E-state index contributed by atoms with van der Waals surface area (Å²) in [6, 6.07) is 8.52. The second kappa shape index (κ2) is 11.5. The lowest BCUT2D eigenvalue weighted by Gasteiger charge is -2.34. The number of nitrogens with one attached hydrogen (secondary N) is 1. The third-order valence-electron chi connectivity index (χ3n) is 8.22. The fourth-order valence-electron chi connectivity index (χ4n) is 5.84. The summed E-state index contributed by atoms with van der Waals surface area (Å²) in [5.41, 5.74) is 0.710. The molecule has 47 heavy (non-hydrogen) atoms. The number of nitrogens with zero attached hydrogens (tertiary/aromatic N) is 3. The van der Waals surface area contributed by atoms with E-state index in [1.807, 2.05) is 38.1 Å². The minimum absolute atomic E-state index is 0.00575. The van der Waals surface area contributed by atoms with E-state index in [2.05, 4.69) is 5.32 Å². The maximum atomic E-state index is 14.0. The standard InChI is InChI=1S/C34H40N4O9/c1-32(2,3)27-29(39)38-15-20(12-23(38)30(40)41)45-28-26(35-21-13-24-25(14-22(21)36-28)47-34(6,7)46-24)18-9-8-10-19(11-18)43-16-33(4,5)17-44-31(42)37-27/h8-11,13-14,20,23,27H,12,15-17H2,1-7H3,(H,37,42)(H,40,41)/t20-,23+,27-/m1/s1. The van der Waals surface area contributed by atoms with E-state index in [-0.39, 0.29) is 32.1 Å². The Morgan fingerprint density at radius 2 is 1.64 bits per heavy atom. The van der Waals surface area contributed by atoms with Gasteiger partial charge in [0.15, 0.2) is 11.5 Å². The number of fused-ring (bicyclic) bond motifs is 8. The molecule has 13 heteroatoms. The molecule has 3 aliphatic rings. The predicted octanol–water partition coefficient (Wildman–Crippen LogP) is 4.80. The minimum Gasteiger partial charge on any atom is -0.493 e. The molecule has 0 aliphatic carbocycles. The van der Waals surface area contributed by atoms with Crippen LogP contribution in [0.5, 0.6) is 23.1 Å². The van der Waals surface area contributed by atoms with E-state index < -0.39 is 52.8 Å². The summed E-state index contributed by atoms with van der Waals surface area (Å²) in [5.74, 6) is -0.831. The molecule has 1 fully saturated rings. The monoisotopic (exact) mass is 648 g/mol. The fraction of sp³-hybridized carbons (Fsp3) is 0.500. The van der Waals surface area contributed by atoms with Crippen LogP contribution in [-0.2, 0) is 14.3 Å². The highest BCUT2D eigenvalue weighted by atomic mass is 16.7. The van der Waals surface area contributed by atoms with Crippen LogP contribution in [0, 0.1) is 10.8 Å². The molecule has 3 aromatic rings. The van der Waals surface area contributed by atoms with Crippen LogP contribution in [-0.4, -0.2) is 81.7 Å². The molecule has 6 rings (SSSR count).